The van der Waals surface area contributed by atoms with Gasteiger partial charge in [0.1, 0.15) is 11.2 Å². The second kappa shape index (κ2) is 6.97. The van der Waals surface area contributed by atoms with Crippen molar-refractivity contribution < 1.29 is 13.6 Å². The average Bonchev–Trinajstić information content (AvgIpc) is 3.19. The van der Waals surface area contributed by atoms with Crippen LogP contribution in [0.1, 0.15) is 10.4 Å². The van der Waals surface area contributed by atoms with Gasteiger partial charge in [-0.1, -0.05) is 30.3 Å². The highest BCUT2D eigenvalue weighted by Gasteiger charge is 2.16. The van der Waals surface area contributed by atoms with Crippen LogP contribution in [0, 0.1) is 5.82 Å². The van der Waals surface area contributed by atoms with Crippen LogP contribution in [0.2, 0.25) is 0 Å². The monoisotopic (exact) mass is 399 g/mol. The number of benzene rings is 2. The lowest BCUT2D eigenvalue weighted by atomic mass is 10.1. The highest BCUT2D eigenvalue weighted by atomic mass is 19.1. The Morgan fingerprint density at radius 3 is 2.77 bits per heavy atom. The Hall–Kier alpha value is -4.26. The molecule has 1 amide bonds. The highest BCUT2D eigenvalue weighted by molar-refractivity contribution is 6.05. The molecular weight excluding hydrogens is 385 g/mol. The second-order valence-corrected chi connectivity index (χ2v) is 6.73. The van der Waals surface area contributed by atoms with E-state index in [1.165, 1.54) is 18.2 Å². The number of nitrogens with one attached hydrogen (secondary N) is 1. The number of nitrogens with zero attached hydrogens (tertiary/aromatic N) is 2. The molecule has 0 atom stereocenters. The molecule has 0 aliphatic rings. The minimum atomic E-state index is -0.901. The van der Waals surface area contributed by atoms with Crippen molar-refractivity contribution in [2.24, 2.45) is 0 Å². The molecule has 5 aromatic rings. The van der Waals surface area contributed by atoms with Crippen molar-refractivity contribution in [3.63, 3.8) is 0 Å². The quantitative estimate of drug-likeness (QED) is 0.453. The molecule has 0 bridgehead atoms. The summed E-state index contributed by atoms with van der Waals surface area (Å²) in [6.07, 6.45) is 3.79. The van der Waals surface area contributed by atoms with Crippen LogP contribution in [0.15, 0.2) is 88.3 Å². The molecule has 3 heterocycles. The van der Waals surface area contributed by atoms with E-state index >= 15 is 0 Å². The van der Waals surface area contributed by atoms with Gasteiger partial charge in [0.25, 0.3) is 5.91 Å². The summed E-state index contributed by atoms with van der Waals surface area (Å²) in [6, 6.07) is 18.4. The van der Waals surface area contributed by atoms with Crippen molar-refractivity contribution >= 4 is 28.2 Å². The first kappa shape index (κ1) is 17.8. The Bertz CT molecular complexity index is 1450. The van der Waals surface area contributed by atoms with E-state index in [1.807, 2.05) is 41.1 Å². The molecule has 146 valence electrons. The number of carbonyl (C=O) groups is 1. The molecule has 6 nitrogen and oxygen atoms in total. The van der Waals surface area contributed by atoms with E-state index in [9.17, 15) is 14.0 Å². The Balaban J connectivity index is 1.47. The average molecular weight is 399 g/mol. The molecule has 7 heteroatoms. The Morgan fingerprint density at radius 1 is 1.03 bits per heavy atom. The molecule has 0 radical (unpaired) electrons. The summed E-state index contributed by atoms with van der Waals surface area (Å²) < 4.78 is 20.7. The number of amides is 1. The molecule has 0 saturated carbocycles. The normalized spacial score (nSPS) is 11.1. The first-order valence-electron chi connectivity index (χ1n) is 9.16. The zero-order chi connectivity index (χ0) is 20.7. The van der Waals surface area contributed by atoms with Crippen molar-refractivity contribution in [3.05, 3.63) is 101 Å². The summed E-state index contributed by atoms with van der Waals surface area (Å²) in [5.74, 6) is -1.29. The van der Waals surface area contributed by atoms with Gasteiger partial charge in [-0.25, -0.2) is 14.2 Å². The largest absolute Gasteiger partial charge is 0.419 e. The van der Waals surface area contributed by atoms with Gasteiger partial charge in [0, 0.05) is 29.0 Å². The van der Waals surface area contributed by atoms with Gasteiger partial charge < -0.3 is 14.1 Å². The molecule has 2 aromatic carbocycles. The molecule has 0 fully saturated rings. The third kappa shape index (κ3) is 3.12. The maximum atomic E-state index is 13.8. The van der Waals surface area contributed by atoms with Crippen LogP contribution < -0.4 is 10.9 Å². The van der Waals surface area contributed by atoms with Crippen LogP contribution in [-0.4, -0.2) is 15.3 Å². The lowest BCUT2D eigenvalue weighted by molar-refractivity contribution is 0.102. The maximum absolute atomic E-state index is 13.8. The van der Waals surface area contributed by atoms with E-state index in [2.05, 4.69) is 10.3 Å². The van der Waals surface area contributed by atoms with Crippen molar-refractivity contribution in [1.29, 1.82) is 0 Å². The van der Waals surface area contributed by atoms with E-state index in [0.29, 0.717) is 11.1 Å². The highest BCUT2D eigenvalue weighted by Crippen LogP contribution is 2.23. The summed E-state index contributed by atoms with van der Waals surface area (Å²) in [4.78, 5) is 29.4. The number of hydrogen-bond donors (Lipinski definition) is 1. The van der Waals surface area contributed by atoms with Crippen LogP contribution in [0.3, 0.4) is 0 Å². The molecule has 0 aliphatic carbocycles. The van der Waals surface area contributed by atoms with Crippen molar-refractivity contribution in [1.82, 2.24) is 9.38 Å². The van der Waals surface area contributed by atoms with E-state index in [4.69, 9.17) is 4.42 Å². The van der Waals surface area contributed by atoms with Gasteiger partial charge >= 0.3 is 5.63 Å². The zero-order valence-corrected chi connectivity index (χ0v) is 15.5. The van der Waals surface area contributed by atoms with E-state index < -0.39 is 17.3 Å². The topological polar surface area (TPSA) is 76.6 Å². The molecule has 5 rings (SSSR count). The lowest BCUT2D eigenvalue weighted by Gasteiger charge is -2.07. The summed E-state index contributed by atoms with van der Waals surface area (Å²) in [6.45, 7) is 0. The molecule has 3 aromatic heterocycles. The molecule has 0 aliphatic heterocycles. The lowest BCUT2D eigenvalue weighted by Crippen LogP contribution is -2.20. The smallest absolute Gasteiger partial charge is 0.349 e. The van der Waals surface area contributed by atoms with Gasteiger partial charge in [-0.15, -0.1) is 0 Å². The van der Waals surface area contributed by atoms with Crippen molar-refractivity contribution in [2.45, 2.75) is 0 Å². The van der Waals surface area contributed by atoms with E-state index in [-0.39, 0.29) is 11.1 Å². The van der Waals surface area contributed by atoms with Crippen molar-refractivity contribution in [2.75, 3.05) is 5.32 Å². The maximum Gasteiger partial charge on any atom is 0.349 e. The van der Waals surface area contributed by atoms with Gasteiger partial charge in [-0.2, -0.15) is 0 Å². The van der Waals surface area contributed by atoms with Gasteiger partial charge in [0.15, 0.2) is 11.4 Å². The predicted octanol–water partition coefficient (Wildman–Crippen LogP) is 4.50. The third-order valence-electron chi connectivity index (χ3n) is 4.74. The number of pyridine rings is 1. The number of anilines is 1. The van der Waals surface area contributed by atoms with Gasteiger partial charge in [0.05, 0.1) is 5.69 Å². The number of hydrogen-bond acceptors (Lipinski definition) is 4. The Morgan fingerprint density at radius 2 is 1.90 bits per heavy atom. The van der Waals surface area contributed by atoms with Crippen LogP contribution in [0.5, 0.6) is 0 Å². The van der Waals surface area contributed by atoms with Crippen LogP contribution in [0.4, 0.5) is 10.1 Å². The van der Waals surface area contributed by atoms with E-state index in [1.54, 1.807) is 24.3 Å². The van der Waals surface area contributed by atoms with Crippen molar-refractivity contribution in [3.8, 4) is 11.3 Å². The minimum Gasteiger partial charge on any atom is -0.419 e. The Labute approximate surface area is 169 Å². The summed E-state index contributed by atoms with van der Waals surface area (Å²) in [5.41, 5.74) is 1.58. The summed E-state index contributed by atoms with van der Waals surface area (Å²) >= 11 is 0. The van der Waals surface area contributed by atoms with Gasteiger partial charge in [0.2, 0.25) is 0 Å². The molecule has 0 unspecified atom stereocenters. The molecule has 30 heavy (non-hydrogen) atoms. The van der Waals surface area contributed by atoms with Crippen LogP contribution >= 0.6 is 0 Å². The number of halogens is 1. The molecular formula is C23H14FN3O3. The minimum absolute atomic E-state index is 0.173. The number of imidazole rings is 1. The zero-order valence-electron chi connectivity index (χ0n) is 15.5. The number of para-hydroxylation sites is 1. The first-order chi connectivity index (χ1) is 14.6. The Kier molecular flexibility index (Phi) is 4.14. The number of aromatic nitrogens is 2. The third-order valence-corrected chi connectivity index (χ3v) is 4.74. The first-order valence-corrected chi connectivity index (χ1v) is 9.16. The number of carbonyl (C=O) groups excluding carboxylic acids is 1. The summed E-state index contributed by atoms with van der Waals surface area (Å²) in [5, 5.41) is 3.03. The predicted molar refractivity (Wildman–Crippen MR) is 111 cm³/mol. The van der Waals surface area contributed by atoms with Gasteiger partial charge in [-0.05, 0) is 36.4 Å². The molecule has 1 N–H and O–H groups in total. The second-order valence-electron chi connectivity index (χ2n) is 6.73. The fourth-order valence-electron chi connectivity index (χ4n) is 3.30. The fraction of sp³-hybridized carbons (Fsp3) is 0. The molecule has 0 spiro atoms. The van der Waals surface area contributed by atoms with Crippen LogP contribution in [0.25, 0.3) is 27.9 Å². The number of rotatable bonds is 3. The van der Waals surface area contributed by atoms with Crippen LogP contribution in [-0.2, 0) is 0 Å². The van der Waals surface area contributed by atoms with E-state index in [0.717, 1.165) is 16.9 Å². The molecule has 0 saturated heterocycles. The number of fused-ring (bicyclic) bond motifs is 2. The summed E-state index contributed by atoms with van der Waals surface area (Å²) in [7, 11) is 0. The SMILES string of the molecule is O=C(Nc1cccc(-c2cn3ccccc3n2)c1)c1cc2cccc(F)c2oc1=O. The fourth-order valence-corrected chi connectivity index (χ4v) is 3.30. The van der Waals surface area contributed by atoms with Gasteiger partial charge in [-0.3, -0.25) is 4.79 Å². The standard InChI is InChI=1S/C23H14FN3O3/c24-18-8-4-6-15-12-17(23(29)30-21(15)18)22(28)25-16-7-3-5-14(11-16)19-13-27-10-2-1-9-20(27)26-19/h1-13H,(H,25,28).